The van der Waals surface area contributed by atoms with Gasteiger partial charge in [-0.25, -0.2) is 4.79 Å². The fraction of sp³-hybridized carbons (Fsp3) is 0.476. The van der Waals surface area contributed by atoms with Crippen molar-refractivity contribution < 1.29 is 24.5 Å². The highest BCUT2D eigenvalue weighted by molar-refractivity contribution is 5.91. The van der Waals surface area contributed by atoms with Crippen LogP contribution in [0.25, 0.3) is 0 Å². The Labute approximate surface area is 153 Å². The quantitative estimate of drug-likeness (QED) is 0.542. The molecule has 0 saturated heterocycles. The van der Waals surface area contributed by atoms with Crippen LogP contribution in [-0.4, -0.2) is 27.9 Å². The molecule has 140 valence electrons. The standard InChI is InChI=1S/C21H26O5/c1-13-5-4-6-14-11-18(25-20(14)24)16-12-15(8-9-17(16)22)26-21(2,3)19(23)10-7-13/h5,8-9,11-12,18-19,22-23H,4,6-7,10H2,1-3H3/b13-5-/t18-,19+/m1/s1. The van der Waals surface area contributed by atoms with Gasteiger partial charge in [-0.15, -0.1) is 0 Å². The van der Waals surface area contributed by atoms with E-state index >= 15 is 0 Å². The highest BCUT2D eigenvalue weighted by atomic mass is 16.5. The van der Waals surface area contributed by atoms with Gasteiger partial charge >= 0.3 is 5.97 Å². The summed E-state index contributed by atoms with van der Waals surface area (Å²) < 4.78 is 11.4. The fourth-order valence-corrected chi connectivity index (χ4v) is 3.30. The molecule has 5 nitrogen and oxygen atoms in total. The summed E-state index contributed by atoms with van der Waals surface area (Å²) in [6.45, 7) is 5.72. The van der Waals surface area contributed by atoms with E-state index in [1.54, 1.807) is 18.2 Å². The average Bonchev–Trinajstić information content (AvgIpc) is 2.94. The lowest BCUT2D eigenvalue weighted by Crippen LogP contribution is -2.42. The molecule has 2 N–H and O–H groups in total. The second kappa shape index (κ2) is 7.16. The minimum Gasteiger partial charge on any atom is -0.508 e. The first kappa shape index (κ1) is 18.5. The number of hydrogen-bond donors (Lipinski definition) is 2. The molecule has 2 aliphatic heterocycles. The number of esters is 1. The second-order valence-corrected chi connectivity index (χ2v) is 7.59. The van der Waals surface area contributed by atoms with Crippen LogP contribution in [0.2, 0.25) is 0 Å². The zero-order valence-electron chi connectivity index (χ0n) is 15.5. The minimum atomic E-state index is -0.790. The van der Waals surface area contributed by atoms with Gasteiger partial charge in [-0.1, -0.05) is 11.6 Å². The van der Waals surface area contributed by atoms with Gasteiger partial charge in [-0.2, -0.15) is 0 Å². The molecule has 0 spiro atoms. The van der Waals surface area contributed by atoms with Crippen molar-refractivity contribution in [1.29, 1.82) is 0 Å². The van der Waals surface area contributed by atoms with Gasteiger partial charge in [0.1, 0.15) is 23.2 Å². The molecule has 0 saturated carbocycles. The number of carbonyl (C=O) groups is 1. The second-order valence-electron chi connectivity index (χ2n) is 7.59. The van der Waals surface area contributed by atoms with Crippen molar-refractivity contribution in [3.8, 4) is 11.5 Å². The Hall–Kier alpha value is -2.27. The molecule has 0 fully saturated rings. The molecular weight excluding hydrogens is 332 g/mol. The molecule has 0 radical (unpaired) electrons. The van der Waals surface area contributed by atoms with E-state index in [0.717, 1.165) is 12.8 Å². The van der Waals surface area contributed by atoms with E-state index in [1.807, 2.05) is 20.8 Å². The summed E-state index contributed by atoms with van der Waals surface area (Å²) in [5.74, 6) is 0.225. The van der Waals surface area contributed by atoms with Crippen molar-refractivity contribution in [3.63, 3.8) is 0 Å². The Balaban J connectivity index is 1.98. The van der Waals surface area contributed by atoms with Crippen LogP contribution in [-0.2, 0) is 9.53 Å². The number of aliphatic hydroxyl groups is 1. The third kappa shape index (κ3) is 3.93. The number of phenolic OH excluding ortho intramolecular Hbond substituents is 1. The summed E-state index contributed by atoms with van der Waals surface area (Å²) in [5.41, 5.74) is 1.50. The van der Waals surface area contributed by atoms with Gasteiger partial charge in [0.25, 0.3) is 0 Å². The lowest BCUT2D eigenvalue weighted by molar-refractivity contribution is -0.140. The summed E-state index contributed by atoms with van der Waals surface area (Å²) in [5, 5.41) is 20.8. The van der Waals surface area contributed by atoms with Gasteiger partial charge in [-0.3, -0.25) is 0 Å². The van der Waals surface area contributed by atoms with Crippen molar-refractivity contribution in [2.75, 3.05) is 0 Å². The summed E-state index contributed by atoms with van der Waals surface area (Å²) in [6.07, 6.45) is 5.30. The van der Waals surface area contributed by atoms with Gasteiger partial charge in [0, 0.05) is 11.1 Å². The van der Waals surface area contributed by atoms with E-state index in [2.05, 4.69) is 6.08 Å². The topological polar surface area (TPSA) is 76.0 Å². The van der Waals surface area contributed by atoms with E-state index < -0.39 is 17.8 Å². The maximum atomic E-state index is 12.1. The minimum absolute atomic E-state index is 0.0473. The van der Waals surface area contributed by atoms with Gasteiger partial charge in [-0.05, 0) is 70.7 Å². The van der Waals surface area contributed by atoms with E-state index in [-0.39, 0.29) is 11.7 Å². The van der Waals surface area contributed by atoms with Gasteiger partial charge < -0.3 is 19.7 Å². The first-order valence-electron chi connectivity index (χ1n) is 9.03. The lowest BCUT2D eigenvalue weighted by Gasteiger charge is -2.32. The van der Waals surface area contributed by atoms with Crippen LogP contribution in [0.4, 0.5) is 0 Å². The molecule has 5 heteroatoms. The van der Waals surface area contributed by atoms with Crippen LogP contribution in [0.15, 0.2) is 41.5 Å². The van der Waals surface area contributed by atoms with E-state index in [0.29, 0.717) is 29.7 Å². The summed E-state index contributed by atoms with van der Waals surface area (Å²) in [7, 11) is 0. The van der Waals surface area contributed by atoms with Crippen molar-refractivity contribution in [1.82, 2.24) is 0 Å². The molecule has 2 aliphatic rings. The third-order valence-corrected chi connectivity index (χ3v) is 5.06. The molecule has 26 heavy (non-hydrogen) atoms. The number of aliphatic hydroxyl groups excluding tert-OH is 1. The van der Waals surface area contributed by atoms with Crippen LogP contribution in [0.3, 0.4) is 0 Å². The van der Waals surface area contributed by atoms with Crippen LogP contribution >= 0.6 is 0 Å². The van der Waals surface area contributed by atoms with Crippen LogP contribution in [0.1, 0.15) is 58.1 Å². The molecule has 3 rings (SSSR count). The summed E-state index contributed by atoms with van der Waals surface area (Å²) >= 11 is 0. The number of benzene rings is 1. The number of carbonyl (C=O) groups excluding carboxylic acids is 1. The molecule has 4 bridgehead atoms. The Kier molecular flexibility index (Phi) is 5.10. The molecule has 0 aliphatic carbocycles. The Morgan fingerprint density at radius 1 is 1.23 bits per heavy atom. The number of rotatable bonds is 0. The van der Waals surface area contributed by atoms with Crippen LogP contribution in [0, 0.1) is 0 Å². The molecule has 0 unspecified atom stereocenters. The van der Waals surface area contributed by atoms with Crippen LogP contribution in [0.5, 0.6) is 11.5 Å². The van der Waals surface area contributed by atoms with Crippen molar-refractivity contribution in [3.05, 3.63) is 47.1 Å². The first-order valence-corrected chi connectivity index (χ1v) is 9.03. The van der Waals surface area contributed by atoms with Crippen molar-refractivity contribution >= 4 is 5.97 Å². The lowest BCUT2D eigenvalue weighted by atomic mass is 9.95. The molecule has 1 aromatic carbocycles. The Morgan fingerprint density at radius 2 is 2.00 bits per heavy atom. The fourth-order valence-electron chi connectivity index (χ4n) is 3.30. The molecular formula is C21H26O5. The van der Waals surface area contributed by atoms with Crippen molar-refractivity contribution in [2.45, 2.75) is 64.3 Å². The third-order valence-electron chi connectivity index (χ3n) is 5.06. The maximum Gasteiger partial charge on any atom is 0.334 e. The number of ether oxygens (including phenoxy) is 2. The smallest absolute Gasteiger partial charge is 0.334 e. The average molecular weight is 358 g/mol. The molecule has 2 atom stereocenters. The Bertz CT molecular complexity index is 760. The molecule has 0 aromatic heterocycles. The van der Waals surface area contributed by atoms with E-state index in [9.17, 15) is 15.0 Å². The largest absolute Gasteiger partial charge is 0.508 e. The predicted octanol–water partition coefficient (Wildman–Crippen LogP) is 3.96. The molecule has 0 amide bonds. The first-order chi connectivity index (χ1) is 12.3. The Morgan fingerprint density at radius 3 is 2.77 bits per heavy atom. The maximum absolute atomic E-state index is 12.1. The number of phenols is 1. The molecule has 1 aromatic rings. The number of aromatic hydroxyl groups is 1. The normalized spacial score (nSPS) is 27.9. The van der Waals surface area contributed by atoms with Gasteiger partial charge in [0.15, 0.2) is 0 Å². The number of fused-ring (bicyclic) bond motifs is 4. The van der Waals surface area contributed by atoms with Crippen LogP contribution < -0.4 is 4.74 Å². The van der Waals surface area contributed by atoms with Gasteiger partial charge in [0.05, 0.1) is 6.10 Å². The van der Waals surface area contributed by atoms with Gasteiger partial charge in [0.2, 0.25) is 0 Å². The number of allylic oxidation sites excluding steroid dienone is 2. The van der Waals surface area contributed by atoms with E-state index in [1.165, 1.54) is 11.6 Å². The summed E-state index contributed by atoms with van der Waals surface area (Å²) in [4.78, 5) is 12.1. The predicted molar refractivity (Wildman–Crippen MR) is 98.0 cm³/mol. The van der Waals surface area contributed by atoms with E-state index in [4.69, 9.17) is 9.47 Å². The van der Waals surface area contributed by atoms with Crippen molar-refractivity contribution in [2.24, 2.45) is 0 Å². The zero-order chi connectivity index (χ0) is 18.9. The highest BCUT2D eigenvalue weighted by Gasteiger charge is 2.32. The zero-order valence-corrected chi connectivity index (χ0v) is 15.5. The monoisotopic (exact) mass is 358 g/mol. The number of hydrogen-bond acceptors (Lipinski definition) is 5. The summed E-state index contributed by atoms with van der Waals surface area (Å²) in [6, 6.07) is 4.85. The highest BCUT2D eigenvalue weighted by Crippen LogP contribution is 2.38. The SMILES string of the molecule is C/C1=C/CCC2=C[C@@H](OC2=O)c2cc(ccc2O)OC(C)(C)[C@@H](O)CC1. The molecule has 2 heterocycles.